The lowest BCUT2D eigenvalue weighted by Crippen LogP contribution is -2.20. The van der Waals surface area contributed by atoms with Gasteiger partial charge in [-0.15, -0.1) is 0 Å². The van der Waals surface area contributed by atoms with Crippen LogP contribution in [0.15, 0.2) is 36.8 Å². The van der Waals surface area contributed by atoms with Crippen molar-refractivity contribution < 1.29 is 9.18 Å². The average molecular weight is 382 g/mol. The molecule has 0 bridgehead atoms. The molecule has 0 fully saturated rings. The summed E-state index contributed by atoms with van der Waals surface area (Å²) in [6.45, 7) is 1.97. The number of nitrogens with zero attached hydrogens (tertiary/aromatic N) is 4. The van der Waals surface area contributed by atoms with Gasteiger partial charge in [-0.1, -0.05) is 29.3 Å². The molecule has 25 heavy (non-hydrogen) atoms. The Morgan fingerprint density at radius 2 is 2.04 bits per heavy atom. The Bertz CT molecular complexity index is 901. The highest BCUT2D eigenvalue weighted by atomic mass is 35.5. The lowest BCUT2D eigenvalue weighted by atomic mass is 10.2. The average Bonchev–Trinajstić information content (AvgIpc) is 3.12. The van der Waals surface area contributed by atoms with E-state index in [0.717, 1.165) is 0 Å². The maximum atomic E-state index is 13.8. The zero-order chi connectivity index (χ0) is 18.0. The standard InChI is InChI=1S/C16H14Cl2FN5O/c1-10-14(18)6-21-24(10)9-16(25)22-11-5-20-23(7-11)8-12-13(17)3-2-4-15(12)19/h2-7H,8-9H2,1H3,(H,22,25). The van der Waals surface area contributed by atoms with E-state index in [1.807, 2.05) is 0 Å². The number of rotatable bonds is 5. The van der Waals surface area contributed by atoms with Crippen molar-refractivity contribution in [3.63, 3.8) is 0 Å². The highest BCUT2D eigenvalue weighted by Gasteiger charge is 2.11. The van der Waals surface area contributed by atoms with E-state index >= 15 is 0 Å². The summed E-state index contributed by atoms with van der Waals surface area (Å²) in [7, 11) is 0. The van der Waals surface area contributed by atoms with Crippen molar-refractivity contribution in [1.82, 2.24) is 19.6 Å². The summed E-state index contributed by atoms with van der Waals surface area (Å²) < 4.78 is 16.8. The minimum absolute atomic E-state index is 0.0306. The molecule has 0 unspecified atom stereocenters. The van der Waals surface area contributed by atoms with Crippen LogP contribution in [0, 0.1) is 12.7 Å². The lowest BCUT2D eigenvalue weighted by Gasteiger charge is -2.06. The summed E-state index contributed by atoms with van der Waals surface area (Å²) in [4.78, 5) is 12.1. The van der Waals surface area contributed by atoms with Gasteiger partial charge in [-0.3, -0.25) is 14.2 Å². The fourth-order valence-electron chi connectivity index (χ4n) is 2.28. The molecule has 0 aliphatic carbocycles. The molecule has 2 heterocycles. The Morgan fingerprint density at radius 3 is 2.72 bits per heavy atom. The van der Waals surface area contributed by atoms with Crippen LogP contribution in [0.4, 0.5) is 10.1 Å². The van der Waals surface area contributed by atoms with Gasteiger partial charge in [-0.05, 0) is 19.1 Å². The van der Waals surface area contributed by atoms with Crippen molar-refractivity contribution in [2.24, 2.45) is 0 Å². The number of halogens is 3. The number of amides is 1. The van der Waals surface area contributed by atoms with Crippen LogP contribution in [-0.2, 0) is 17.9 Å². The highest BCUT2D eigenvalue weighted by molar-refractivity contribution is 6.31. The number of aromatic nitrogens is 4. The molecule has 0 aliphatic heterocycles. The van der Waals surface area contributed by atoms with E-state index in [-0.39, 0.29) is 19.0 Å². The van der Waals surface area contributed by atoms with E-state index in [1.54, 1.807) is 25.3 Å². The van der Waals surface area contributed by atoms with Crippen molar-refractivity contribution in [3.8, 4) is 0 Å². The fourth-order valence-corrected chi connectivity index (χ4v) is 2.64. The molecule has 0 saturated heterocycles. The van der Waals surface area contributed by atoms with Crippen LogP contribution in [0.25, 0.3) is 0 Å². The Labute approximate surface area is 153 Å². The Balaban J connectivity index is 1.65. The van der Waals surface area contributed by atoms with E-state index < -0.39 is 5.82 Å². The smallest absolute Gasteiger partial charge is 0.246 e. The Hall–Kier alpha value is -2.38. The van der Waals surface area contributed by atoms with Gasteiger partial charge < -0.3 is 5.32 Å². The lowest BCUT2D eigenvalue weighted by molar-refractivity contribution is -0.116. The molecule has 6 nitrogen and oxygen atoms in total. The third-order valence-electron chi connectivity index (χ3n) is 3.64. The second-order valence-corrected chi connectivity index (χ2v) is 6.22. The molecule has 0 spiro atoms. The molecule has 0 atom stereocenters. The molecule has 1 amide bonds. The number of carbonyl (C=O) groups excluding carboxylic acids is 1. The molecular weight excluding hydrogens is 368 g/mol. The van der Waals surface area contributed by atoms with Crippen molar-refractivity contribution >= 4 is 34.8 Å². The quantitative estimate of drug-likeness (QED) is 0.735. The summed E-state index contributed by atoms with van der Waals surface area (Å²) in [6, 6.07) is 4.49. The number of nitrogens with one attached hydrogen (secondary N) is 1. The third-order valence-corrected chi connectivity index (χ3v) is 4.36. The van der Waals surface area contributed by atoms with Crippen molar-refractivity contribution in [2.75, 3.05) is 5.32 Å². The number of hydrogen-bond donors (Lipinski definition) is 1. The molecule has 1 N–H and O–H groups in total. The molecule has 1 aromatic carbocycles. The second-order valence-electron chi connectivity index (χ2n) is 5.41. The predicted octanol–water partition coefficient (Wildman–Crippen LogP) is 3.52. The van der Waals surface area contributed by atoms with Crippen LogP contribution >= 0.6 is 23.2 Å². The van der Waals surface area contributed by atoms with Crippen LogP contribution in [0.5, 0.6) is 0 Å². The van der Waals surface area contributed by atoms with Gasteiger partial charge in [0.1, 0.15) is 12.4 Å². The van der Waals surface area contributed by atoms with Crippen molar-refractivity contribution in [2.45, 2.75) is 20.0 Å². The molecule has 0 saturated carbocycles. The first kappa shape index (κ1) is 17.4. The second kappa shape index (κ2) is 7.25. The Kier molecular flexibility index (Phi) is 5.06. The monoisotopic (exact) mass is 381 g/mol. The van der Waals surface area contributed by atoms with E-state index in [0.29, 0.717) is 27.0 Å². The van der Waals surface area contributed by atoms with Gasteiger partial charge in [0.05, 0.1) is 35.3 Å². The first-order valence-corrected chi connectivity index (χ1v) is 8.12. The molecule has 9 heteroatoms. The van der Waals surface area contributed by atoms with Gasteiger partial charge >= 0.3 is 0 Å². The van der Waals surface area contributed by atoms with Gasteiger partial charge in [0, 0.05) is 16.8 Å². The normalized spacial score (nSPS) is 10.9. The van der Waals surface area contributed by atoms with Gasteiger partial charge in [-0.2, -0.15) is 10.2 Å². The zero-order valence-corrected chi connectivity index (χ0v) is 14.7. The molecule has 0 aliphatic rings. The number of benzene rings is 1. The molecule has 3 aromatic rings. The van der Waals surface area contributed by atoms with E-state index in [9.17, 15) is 9.18 Å². The number of carbonyl (C=O) groups is 1. The first-order valence-electron chi connectivity index (χ1n) is 7.37. The van der Waals surface area contributed by atoms with Crippen LogP contribution in [0.2, 0.25) is 10.0 Å². The first-order chi connectivity index (χ1) is 11.9. The van der Waals surface area contributed by atoms with Gasteiger partial charge in [0.15, 0.2) is 0 Å². The third kappa shape index (κ3) is 4.00. The van der Waals surface area contributed by atoms with E-state index in [2.05, 4.69) is 15.5 Å². The highest BCUT2D eigenvalue weighted by Crippen LogP contribution is 2.20. The largest absolute Gasteiger partial charge is 0.322 e. The minimum atomic E-state index is -0.403. The summed E-state index contributed by atoms with van der Waals surface area (Å²) in [6.07, 6.45) is 4.57. The molecule has 0 radical (unpaired) electrons. The van der Waals surface area contributed by atoms with E-state index in [4.69, 9.17) is 23.2 Å². The van der Waals surface area contributed by atoms with Crippen LogP contribution < -0.4 is 5.32 Å². The number of anilines is 1. The summed E-state index contributed by atoms with van der Waals surface area (Å²) in [5, 5.41) is 11.7. The molecule has 3 rings (SSSR count). The maximum Gasteiger partial charge on any atom is 0.246 e. The van der Waals surface area contributed by atoms with Gasteiger partial charge in [-0.25, -0.2) is 4.39 Å². The summed E-state index contributed by atoms with van der Waals surface area (Å²) in [5.74, 6) is -0.675. The maximum absolute atomic E-state index is 13.8. The molecule has 130 valence electrons. The zero-order valence-electron chi connectivity index (χ0n) is 13.2. The van der Waals surface area contributed by atoms with Crippen LogP contribution in [0.1, 0.15) is 11.3 Å². The predicted molar refractivity (Wildman–Crippen MR) is 93.3 cm³/mol. The molecular formula is C16H14Cl2FN5O. The fraction of sp³-hybridized carbons (Fsp3) is 0.188. The summed E-state index contributed by atoms with van der Waals surface area (Å²) >= 11 is 11.9. The topological polar surface area (TPSA) is 64.7 Å². The number of hydrogen-bond acceptors (Lipinski definition) is 3. The molecule has 2 aromatic heterocycles. The summed E-state index contributed by atoms with van der Waals surface area (Å²) in [5.41, 5.74) is 1.54. The van der Waals surface area contributed by atoms with Crippen LogP contribution in [-0.4, -0.2) is 25.5 Å². The SMILES string of the molecule is Cc1c(Cl)cnn1CC(=O)Nc1cnn(Cc2c(F)cccc2Cl)c1. The van der Waals surface area contributed by atoms with Gasteiger partial charge in [0.2, 0.25) is 5.91 Å². The van der Waals surface area contributed by atoms with Crippen molar-refractivity contribution in [1.29, 1.82) is 0 Å². The van der Waals surface area contributed by atoms with Crippen molar-refractivity contribution in [3.05, 3.63) is 63.9 Å². The van der Waals surface area contributed by atoms with E-state index in [1.165, 1.54) is 27.8 Å². The minimum Gasteiger partial charge on any atom is -0.322 e. The van der Waals surface area contributed by atoms with Gasteiger partial charge in [0.25, 0.3) is 0 Å². The Morgan fingerprint density at radius 1 is 1.24 bits per heavy atom. The van der Waals surface area contributed by atoms with Crippen LogP contribution in [0.3, 0.4) is 0 Å².